The number of nitrogens with zero attached hydrogens (tertiary/aromatic N) is 5. The van der Waals surface area contributed by atoms with E-state index in [1.807, 2.05) is 24.3 Å². The van der Waals surface area contributed by atoms with Gasteiger partial charge >= 0.3 is 5.69 Å². The van der Waals surface area contributed by atoms with Crippen molar-refractivity contribution in [2.75, 3.05) is 12.1 Å². The van der Waals surface area contributed by atoms with Crippen LogP contribution in [0.5, 0.6) is 0 Å². The maximum absolute atomic E-state index is 11.2. The quantitative estimate of drug-likeness (QED) is 0.431. The monoisotopic (exact) mass is 340 g/mol. The molecule has 10 nitrogen and oxygen atoms in total. The topological polar surface area (TPSA) is 131 Å². The zero-order valence-corrected chi connectivity index (χ0v) is 13.0. The molecule has 3 aromatic rings. The molecule has 10 heteroatoms. The molecule has 0 aliphatic rings. The summed E-state index contributed by atoms with van der Waals surface area (Å²) in [5.74, 6) is 0.484. The highest BCUT2D eigenvalue weighted by molar-refractivity contribution is 5.84. The summed E-state index contributed by atoms with van der Waals surface area (Å²) in [7, 11) is 1.51. The molecule has 0 unspecified atom stereocenters. The maximum Gasteiger partial charge on any atom is 0.301 e. The lowest BCUT2D eigenvalue weighted by molar-refractivity contribution is -0.393. The van der Waals surface area contributed by atoms with Crippen molar-refractivity contribution >= 4 is 34.3 Å². The average molecular weight is 340 g/mol. The summed E-state index contributed by atoms with van der Waals surface area (Å²) in [6.45, 7) is 0. The van der Waals surface area contributed by atoms with E-state index in [1.165, 1.54) is 30.4 Å². The van der Waals surface area contributed by atoms with E-state index in [-0.39, 0.29) is 11.4 Å². The number of rotatable bonds is 5. The fourth-order valence-corrected chi connectivity index (χ4v) is 2.28. The first-order chi connectivity index (χ1) is 12.0. The minimum absolute atomic E-state index is 0.128. The Labute approximate surface area is 140 Å². The van der Waals surface area contributed by atoms with Crippen molar-refractivity contribution in [3.05, 3.63) is 68.5 Å². The molecule has 126 valence electrons. The normalized spacial score (nSPS) is 11.1. The van der Waals surface area contributed by atoms with E-state index in [2.05, 4.69) is 15.1 Å². The van der Waals surface area contributed by atoms with Crippen molar-refractivity contribution in [2.24, 2.45) is 5.10 Å². The smallest absolute Gasteiger partial charge is 0.301 e. The summed E-state index contributed by atoms with van der Waals surface area (Å²) in [6.07, 6.45) is 1.42. The summed E-state index contributed by atoms with van der Waals surface area (Å²) in [5, 5.41) is 27.3. The number of para-hydroxylation sites is 2. The molecule has 0 spiro atoms. The molecular formula is C15H12N6O4. The van der Waals surface area contributed by atoms with Crippen LogP contribution in [-0.4, -0.2) is 33.1 Å². The maximum atomic E-state index is 11.2. The van der Waals surface area contributed by atoms with Gasteiger partial charge in [0.05, 0.1) is 33.2 Å². The number of nitrogens with one attached hydrogen (secondary N) is 1. The van der Waals surface area contributed by atoms with Gasteiger partial charge in [0.25, 0.3) is 5.69 Å². The highest BCUT2D eigenvalue weighted by Crippen LogP contribution is 2.31. The Balaban J connectivity index is 1.90. The number of H-pyrrole nitrogens is 1. The third-order valence-corrected chi connectivity index (χ3v) is 3.48. The zero-order chi connectivity index (χ0) is 18.0. The Hall–Kier alpha value is -3.82. The van der Waals surface area contributed by atoms with Crippen molar-refractivity contribution < 1.29 is 9.85 Å². The molecule has 0 radical (unpaired) electrons. The number of nitro benzene ring substituents is 2. The molecule has 0 saturated heterocycles. The van der Waals surface area contributed by atoms with Crippen molar-refractivity contribution in [1.82, 2.24) is 9.97 Å². The van der Waals surface area contributed by atoms with Crippen LogP contribution in [0.1, 0.15) is 5.82 Å². The number of benzene rings is 2. The molecule has 0 saturated carbocycles. The van der Waals surface area contributed by atoms with Gasteiger partial charge in [-0.1, -0.05) is 12.1 Å². The molecule has 0 amide bonds. The third kappa shape index (κ3) is 3.27. The number of nitro groups is 2. The molecule has 1 aromatic heterocycles. The summed E-state index contributed by atoms with van der Waals surface area (Å²) < 4.78 is 0. The molecule has 25 heavy (non-hydrogen) atoms. The van der Waals surface area contributed by atoms with E-state index in [4.69, 9.17) is 0 Å². The highest BCUT2D eigenvalue weighted by atomic mass is 16.6. The van der Waals surface area contributed by atoms with Crippen molar-refractivity contribution in [1.29, 1.82) is 0 Å². The lowest BCUT2D eigenvalue weighted by atomic mass is 10.2. The van der Waals surface area contributed by atoms with Gasteiger partial charge in [-0.3, -0.25) is 25.2 Å². The van der Waals surface area contributed by atoms with Crippen LogP contribution in [0.25, 0.3) is 11.0 Å². The van der Waals surface area contributed by atoms with E-state index in [0.29, 0.717) is 5.82 Å². The van der Waals surface area contributed by atoms with E-state index >= 15 is 0 Å². The van der Waals surface area contributed by atoms with Gasteiger partial charge in [-0.15, -0.1) is 0 Å². The lowest BCUT2D eigenvalue weighted by Gasteiger charge is -2.12. The van der Waals surface area contributed by atoms with E-state index < -0.39 is 15.5 Å². The van der Waals surface area contributed by atoms with Gasteiger partial charge in [0.1, 0.15) is 5.69 Å². The molecule has 0 atom stereocenters. The van der Waals surface area contributed by atoms with Gasteiger partial charge in [-0.2, -0.15) is 5.10 Å². The number of hydrogen-bond donors (Lipinski definition) is 1. The number of imidazole rings is 1. The largest absolute Gasteiger partial charge is 0.337 e. The first kappa shape index (κ1) is 16.1. The molecule has 2 aromatic carbocycles. The summed E-state index contributed by atoms with van der Waals surface area (Å²) in [6, 6.07) is 10.8. The molecule has 1 heterocycles. The molecule has 3 rings (SSSR count). The standard InChI is InChI=1S/C15H12N6O4/c1-19(13-7-6-10(20(22)23)8-14(13)21(24)25)16-9-15-17-11-4-2-3-5-12(11)18-15/h2-9H,1H3,(H,17,18). The third-order valence-electron chi connectivity index (χ3n) is 3.48. The van der Waals surface area contributed by atoms with Crippen LogP contribution in [0.15, 0.2) is 47.6 Å². The van der Waals surface area contributed by atoms with Crippen molar-refractivity contribution in [2.45, 2.75) is 0 Å². The molecule has 0 aliphatic carbocycles. The van der Waals surface area contributed by atoms with Gasteiger partial charge in [-0.05, 0) is 18.2 Å². The van der Waals surface area contributed by atoms with Crippen molar-refractivity contribution in [3.8, 4) is 0 Å². The Morgan fingerprint density at radius 2 is 1.92 bits per heavy atom. The lowest BCUT2D eigenvalue weighted by Crippen LogP contribution is -2.11. The number of hydrogen-bond acceptors (Lipinski definition) is 7. The van der Waals surface area contributed by atoms with E-state index in [9.17, 15) is 20.2 Å². The predicted octanol–water partition coefficient (Wildman–Crippen LogP) is 2.85. The second-order valence-electron chi connectivity index (χ2n) is 5.09. The molecule has 0 aliphatic heterocycles. The summed E-state index contributed by atoms with van der Waals surface area (Å²) >= 11 is 0. The second kappa shape index (κ2) is 6.35. The number of aromatic amines is 1. The Morgan fingerprint density at radius 1 is 1.16 bits per heavy atom. The number of fused-ring (bicyclic) bond motifs is 1. The number of hydrazone groups is 1. The number of non-ortho nitro benzene ring substituents is 1. The van der Waals surface area contributed by atoms with Crippen molar-refractivity contribution in [3.63, 3.8) is 0 Å². The predicted molar refractivity (Wildman–Crippen MR) is 91.8 cm³/mol. The van der Waals surface area contributed by atoms with Gasteiger partial charge < -0.3 is 4.98 Å². The molecule has 0 bridgehead atoms. The van der Waals surface area contributed by atoms with Gasteiger partial charge in [0.2, 0.25) is 0 Å². The average Bonchev–Trinajstić information content (AvgIpc) is 3.02. The van der Waals surface area contributed by atoms with Crippen LogP contribution in [-0.2, 0) is 0 Å². The number of aromatic nitrogens is 2. The highest BCUT2D eigenvalue weighted by Gasteiger charge is 2.21. The molecule has 0 fully saturated rings. The number of anilines is 1. The van der Waals surface area contributed by atoms with Crippen LogP contribution in [0.2, 0.25) is 0 Å². The molecule has 1 N–H and O–H groups in total. The summed E-state index contributed by atoms with van der Waals surface area (Å²) in [5.41, 5.74) is 0.979. The Kier molecular flexibility index (Phi) is 4.08. The Bertz CT molecular complexity index is 964. The summed E-state index contributed by atoms with van der Waals surface area (Å²) in [4.78, 5) is 28.0. The first-order valence-electron chi connectivity index (χ1n) is 7.11. The van der Waals surface area contributed by atoms with Crippen LogP contribution in [0, 0.1) is 20.2 Å². The molecular weight excluding hydrogens is 328 g/mol. The zero-order valence-electron chi connectivity index (χ0n) is 13.0. The van der Waals surface area contributed by atoms with Crippen LogP contribution < -0.4 is 5.01 Å². The first-order valence-corrected chi connectivity index (χ1v) is 7.11. The Morgan fingerprint density at radius 3 is 2.60 bits per heavy atom. The fourth-order valence-electron chi connectivity index (χ4n) is 2.28. The van der Waals surface area contributed by atoms with Gasteiger partial charge in [0, 0.05) is 13.1 Å². The van der Waals surface area contributed by atoms with Gasteiger partial charge in [0.15, 0.2) is 5.82 Å². The van der Waals surface area contributed by atoms with Crippen LogP contribution in [0.3, 0.4) is 0 Å². The SMILES string of the molecule is CN(N=Cc1nc2ccccc2[nH]1)c1ccc([N+](=O)[O-])cc1[N+](=O)[O-]. The second-order valence-corrected chi connectivity index (χ2v) is 5.09. The fraction of sp³-hybridized carbons (Fsp3) is 0.0667. The van der Waals surface area contributed by atoms with E-state index in [1.54, 1.807) is 0 Å². The van der Waals surface area contributed by atoms with Crippen LogP contribution >= 0.6 is 0 Å². The van der Waals surface area contributed by atoms with Crippen LogP contribution in [0.4, 0.5) is 17.1 Å². The minimum Gasteiger partial charge on any atom is -0.337 e. The minimum atomic E-state index is -0.686. The van der Waals surface area contributed by atoms with Gasteiger partial charge in [-0.25, -0.2) is 4.98 Å². The van der Waals surface area contributed by atoms with E-state index in [0.717, 1.165) is 17.1 Å².